The van der Waals surface area contributed by atoms with Crippen LogP contribution in [0.25, 0.3) is 0 Å². The molecule has 3 rings (SSSR count). The van der Waals surface area contributed by atoms with Gasteiger partial charge in [0.1, 0.15) is 6.33 Å². The zero-order valence-electron chi connectivity index (χ0n) is 11.0. The van der Waals surface area contributed by atoms with Crippen LogP contribution in [0.15, 0.2) is 12.4 Å². The van der Waals surface area contributed by atoms with Crippen molar-refractivity contribution < 1.29 is 8.78 Å². The third-order valence-electron chi connectivity index (χ3n) is 3.19. The van der Waals surface area contributed by atoms with Gasteiger partial charge in [0.2, 0.25) is 0 Å². The monoisotopic (exact) mass is 280 g/mol. The van der Waals surface area contributed by atoms with E-state index in [1.54, 1.807) is 11.2 Å². The second-order valence-corrected chi connectivity index (χ2v) is 4.52. The molecule has 1 N–H and O–H groups in total. The lowest BCUT2D eigenvalue weighted by molar-refractivity contribution is 0.529. The van der Waals surface area contributed by atoms with Crippen molar-refractivity contribution >= 4 is 11.6 Å². The van der Waals surface area contributed by atoms with Crippen molar-refractivity contribution in [1.82, 2.24) is 19.7 Å². The lowest BCUT2D eigenvalue weighted by Gasteiger charge is -2.28. The molecule has 2 aromatic heterocycles. The molecule has 6 nitrogen and oxygen atoms in total. The summed E-state index contributed by atoms with van der Waals surface area (Å²) in [4.78, 5) is 5.79. The predicted molar refractivity (Wildman–Crippen MR) is 69.4 cm³/mol. The van der Waals surface area contributed by atoms with E-state index in [-0.39, 0.29) is 11.6 Å². The highest BCUT2D eigenvalue weighted by atomic mass is 19.1. The van der Waals surface area contributed by atoms with Gasteiger partial charge >= 0.3 is 0 Å². The molecule has 0 bridgehead atoms. The van der Waals surface area contributed by atoms with Crippen molar-refractivity contribution in [2.45, 2.75) is 20.0 Å². The van der Waals surface area contributed by atoms with Crippen molar-refractivity contribution in [2.24, 2.45) is 0 Å². The van der Waals surface area contributed by atoms with E-state index in [1.807, 2.05) is 11.5 Å². The first kappa shape index (κ1) is 12.8. The molecule has 0 saturated carbocycles. The summed E-state index contributed by atoms with van der Waals surface area (Å²) < 4.78 is 29.4. The molecule has 0 unspecified atom stereocenters. The Morgan fingerprint density at radius 1 is 1.30 bits per heavy atom. The number of pyridine rings is 1. The minimum atomic E-state index is -0.687. The van der Waals surface area contributed by atoms with Crippen LogP contribution >= 0.6 is 0 Å². The number of nitrogens with zero attached hydrogens (tertiary/aromatic N) is 5. The number of fused-ring (bicyclic) bond motifs is 1. The van der Waals surface area contributed by atoms with E-state index < -0.39 is 11.6 Å². The first-order chi connectivity index (χ1) is 9.69. The fourth-order valence-electron chi connectivity index (χ4n) is 2.22. The van der Waals surface area contributed by atoms with Crippen LogP contribution in [-0.2, 0) is 13.1 Å². The lowest BCUT2D eigenvalue weighted by Crippen LogP contribution is -2.35. The molecule has 0 spiro atoms. The quantitative estimate of drug-likeness (QED) is 0.921. The van der Waals surface area contributed by atoms with Gasteiger partial charge in [-0.15, -0.1) is 10.2 Å². The molecule has 0 saturated heterocycles. The Labute approximate surface area is 114 Å². The average Bonchev–Trinajstić information content (AvgIpc) is 2.89. The van der Waals surface area contributed by atoms with Crippen molar-refractivity contribution in [1.29, 1.82) is 0 Å². The van der Waals surface area contributed by atoms with Crippen molar-refractivity contribution in [2.75, 3.05) is 23.3 Å². The number of nitrogens with one attached hydrogen (secondary N) is 1. The Morgan fingerprint density at radius 2 is 2.15 bits per heavy atom. The standard InChI is InChI=1S/C12H14F2N6/c1-2-15-11-8(13)5-9(14)12(17-11)19-3-4-20-7-16-18-10(20)6-19/h5,7H,2-4,6H2,1H3,(H,15,17). The molecule has 0 aliphatic carbocycles. The number of hydrogen-bond acceptors (Lipinski definition) is 5. The van der Waals surface area contributed by atoms with E-state index in [2.05, 4.69) is 20.5 Å². The summed E-state index contributed by atoms with van der Waals surface area (Å²) in [6, 6.07) is 0.861. The van der Waals surface area contributed by atoms with Gasteiger partial charge in [0.05, 0.1) is 6.54 Å². The Kier molecular flexibility index (Phi) is 3.21. The van der Waals surface area contributed by atoms with Gasteiger partial charge in [-0.2, -0.15) is 0 Å². The Hall–Kier alpha value is -2.25. The van der Waals surface area contributed by atoms with Crippen LogP contribution in [-0.4, -0.2) is 32.8 Å². The molecule has 1 aliphatic rings. The minimum Gasteiger partial charge on any atom is -0.368 e. The maximum Gasteiger partial charge on any atom is 0.168 e. The van der Waals surface area contributed by atoms with Gasteiger partial charge in [-0.05, 0) is 6.92 Å². The van der Waals surface area contributed by atoms with E-state index in [1.165, 1.54) is 0 Å². The molecular formula is C12H14F2N6. The maximum absolute atomic E-state index is 13.9. The van der Waals surface area contributed by atoms with Crippen LogP contribution in [0.3, 0.4) is 0 Å². The van der Waals surface area contributed by atoms with Gasteiger partial charge in [-0.25, -0.2) is 13.8 Å². The van der Waals surface area contributed by atoms with E-state index in [0.29, 0.717) is 26.2 Å². The fraction of sp³-hybridized carbons (Fsp3) is 0.417. The molecule has 2 aromatic rings. The topological polar surface area (TPSA) is 58.9 Å². The number of aromatic nitrogens is 4. The average molecular weight is 280 g/mol. The van der Waals surface area contributed by atoms with Crippen LogP contribution in [0.5, 0.6) is 0 Å². The lowest BCUT2D eigenvalue weighted by atomic mass is 10.3. The van der Waals surface area contributed by atoms with Gasteiger partial charge in [-0.1, -0.05) is 0 Å². The van der Waals surface area contributed by atoms with Crippen LogP contribution in [0.2, 0.25) is 0 Å². The van der Waals surface area contributed by atoms with E-state index >= 15 is 0 Å². The van der Waals surface area contributed by atoms with Gasteiger partial charge in [0, 0.05) is 25.7 Å². The van der Waals surface area contributed by atoms with Crippen LogP contribution in [0, 0.1) is 11.6 Å². The highest BCUT2D eigenvalue weighted by Gasteiger charge is 2.23. The Bertz CT molecular complexity index is 626. The largest absolute Gasteiger partial charge is 0.368 e. The summed E-state index contributed by atoms with van der Waals surface area (Å²) >= 11 is 0. The number of halogens is 2. The summed E-state index contributed by atoms with van der Waals surface area (Å²) in [5.41, 5.74) is 0. The van der Waals surface area contributed by atoms with Gasteiger partial charge in [-0.3, -0.25) is 0 Å². The molecule has 106 valence electrons. The van der Waals surface area contributed by atoms with Crippen LogP contribution in [0.1, 0.15) is 12.7 Å². The summed E-state index contributed by atoms with van der Waals surface area (Å²) in [6.07, 6.45) is 1.64. The smallest absolute Gasteiger partial charge is 0.168 e. The Balaban J connectivity index is 1.92. The second-order valence-electron chi connectivity index (χ2n) is 4.52. The molecule has 0 fully saturated rings. The summed E-state index contributed by atoms with van der Waals surface area (Å²) in [7, 11) is 0. The number of hydrogen-bond donors (Lipinski definition) is 1. The van der Waals surface area contributed by atoms with E-state index in [0.717, 1.165) is 11.9 Å². The number of rotatable bonds is 3. The first-order valence-corrected chi connectivity index (χ1v) is 6.40. The zero-order chi connectivity index (χ0) is 14.1. The molecule has 0 amide bonds. The molecular weight excluding hydrogens is 266 g/mol. The van der Waals surface area contributed by atoms with Crippen molar-refractivity contribution in [3.63, 3.8) is 0 Å². The van der Waals surface area contributed by atoms with Crippen molar-refractivity contribution in [3.8, 4) is 0 Å². The van der Waals surface area contributed by atoms with E-state index in [4.69, 9.17) is 0 Å². The second kappa shape index (κ2) is 5.03. The summed E-state index contributed by atoms with van der Waals surface area (Å²) in [5, 5.41) is 10.6. The zero-order valence-corrected chi connectivity index (χ0v) is 11.0. The predicted octanol–water partition coefficient (Wildman–Crippen LogP) is 1.40. The molecule has 20 heavy (non-hydrogen) atoms. The maximum atomic E-state index is 13.9. The highest BCUT2D eigenvalue weighted by Crippen LogP contribution is 2.25. The number of anilines is 2. The fourth-order valence-corrected chi connectivity index (χ4v) is 2.22. The van der Waals surface area contributed by atoms with Gasteiger partial charge in [0.15, 0.2) is 29.1 Å². The Morgan fingerprint density at radius 3 is 2.95 bits per heavy atom. The summed E-state index contributed by atoms with van der Waals surface area (Å²) in [5.74, 6) is -0.412. The third-order valence-corrected chi connectivity index (χ3v) is 3.19. The molecule has 3 heterocycles. The first-order valence-electron chi connectivity index (χ1n) is 6.40. The third kappa shape index (κ3) is 2.17. The van der Waals surface area contributed by atoms with Gasteiger partial charge < -0.3 is 14.8 Å². The molecule has 0 radical (unpaired) electrons. The SMILES string of the molecule is CCNc1nc(N2CCn3cnnc3C2)c(F)cc1F. The van der Waals surface area contributed by atoms with E-state index in [9.17, 15) is 8.78 Å². The van der Waals surface area contributed by atoms with Crippen molar-refractivity contribution in [3.05, 3.63) is 29.9 Å². The van der Waals surface area contributed by atoms with Gasteiger partial charge in [0.25, 0.3) is 0 Å². The highest BCUT2D eigenvalue weighted by molar-refractivity contribution is 5.49. The molecule has 0 aromatic carbocycles. The summed E-state index contributed by atoms with van der Waals surface area (Å²) in [6.45, 7) is 3.97. The normalized spacial score (nSPS) is 14.2. The molecule has 8 heteroatoms. The molecule has 0 atom stereocenters. The minimum absolute atomic E-state index is 0.0657. The van der Waals surface area contributed by atoms with Crippen LogP contribution in [0.4, 0.5) is 20.4 Å². The van der Waals surface area contributed by atoms with Crippen LogP contribution < -0.4 is 10.2 Å². The molecule has 1 aliphatic heterocycles.